The molecule has 0 saturated carbocycles. The second-order valence-electron chi connectivity index (χ2n) is 5.45. The monoisotopic (exact) mass is 316 g/mol. The molecule has 0 fully saturated rings. The zero-order valence-electron chi connectivity index (χ0n) is 14.4. The summed E-state index contributed by atoms with van der Waals surface area (Å²) in [6, 6.07) is 5.72. The van der Waals surface area contributed by atoms with Crippen LogP contribution in [0, 0.1) is 5.92 Å². The topological polar surface area (TPSA) is 36.9 Å². The van der Waals surface area contributed by atoms with Crippen LogP contribution in [-0.2, 0) is 9.47 Å². The lowest BCUT2D eigenvalue weighted by Gasteiger charge is -2.26. The molecule has 4 heteroatoms. The van der Waals surface area contributed by atoms with Gasteiger partial charge in [0.25, 0.3) is 0 Å². The van der Waals surface area contributed by atoms with E-state index >= 15 is 0 Å². The Balaban J connectivity index is 2.50. The van der Waals surface area contributed by atoms with E-state index in [9.17, 15) is 0 Å². The normalized spacial score (nSPS) is 17.4. The fourth-order valence-corrected chi connectivity index (χ4v) is 2.88. The van der Waals surface area contributed by atoms with Gasteiger partial charge in [-0.2, -0.15) is 0 Å². The number of hydrogen-bond acceptors (Lipinski definition) is 4. The molecule has 0 aliphatic heterocycles. The molecule has 124 valence electrons. The van der Waals surface area contributed by atoms with Gasteiger partial charge in [-0.3, -0.25) is 0 Å². The van der Waals surface area contributed by atoms with Crippen LogP contribution in [-0.4, -0.2) is 28.4 Å². The van der Waals surface area contributed by atoms with E-state index in [0.29, 0.717) is 0 Å². The standard InChI is InChI=1S/C19H24O4/c1-12-9-15(21-4)11-18(23-6)19(12)13(2)16-8-7-14(20-3)10-17(16)22-5/h7-8,10-12H,2,9H2,1,3-6H3. The van der Waals surface area contributed by atoms with Crippen molar-refractivity contribution in [3.05, 3.63) is 53.5 Å². The Morgan fingerprint density at radius 1 is 1.04 bits per heavy atom. The van der Waals surface area contributed by atoms with Gasteiger partial charge in [0.05, 0.1) is 34.2 Å². The van der Waals surface area contributed by atoms with E-state index in [0.717, 1.165) is 46.1 Å². The van der Waals surface area contributed by atoms with Gasteiger partial charge in [-0.25, -0.2) is 0 Å². The summed E-state index contributed by atoms with van der Waals surface area (Å²) in [7, 11) is 6.62. The second kappa shape index (κ2) is 7.27. The van der Waals surface area contributed by atoms with E-state index in [-0.39, 0.29) is 5.92 Å². The van der Waals surface area contributed by atoms with Crippen molar-refractivity contribution in [2.45, 2.75) is 13.3 Å². The summed E-state index contributed by atoms with van der Waals surface area (Å²) in [5.74, 6) is 3.41. The van der Waals surface area contributed by atoms with Crippen molar-refractivity contribution in [3.63, 3.8) is 0 Å². The highest BCUT2D eigenvalue weighted by molar-refractivity contribution is 5.82. The lowest BCUT2D eigenvalue weighted by molar-refractivity contribution is 0.244. The van der Waals surface area contributed by atoms with Crippen molar-refractivity contribution in [2.24, 2.45) is 5.92 Å². The van der Waals surface area contributed by atoms with E-state index < -0.39 is 0 Å². The number of hydrogen-bond donors (Lipinski definition) is 0. The third-order valence-corrected chi connectivity index (χ3v) is 4.10. The van der Waals surface area contributed by atoms with Gasteiger partial charge in [-0.15, -0.1) is 0 Å². The smallest absolute Gasteiger partial charge is 0.130 e. The Labute approximate surface area is 138 Å². The number of benzene rings is 1. The first kappa shape index (κ1) is 17.0. The number of rotatable bonds is 6. The molecule has 1 aromatic carbocycles. The molecule has 0 bridgehead atoms. The quantitative estimate of drug-likeness (QED) is 0.788. The molecule has 1 aliphatic rings. The average Bonchev–Trinajstić information content (AvgIpc) is 2.59. The van der Waals surface area contributed by atoms with Crippen LogP contribution < -0.4 is 9.47 Å². The first-order chi connectivity index (χ1) is 11.0. The minimum atomic E-state index is 0.240. The molecule has 1 atom stereocenters. The maximum atomic E-state index is 5.56. The van der Waals surface area contributed by atoms with Crippen LogP contribution in [0.3, 0.4) is 0 Å². The van der Waals surface area contributed by atoms with Gasteiger partial charge in [-0.05, 0) is 23.6 Å². The molecule has 0 aromatic heterocycles. The third-order valence-electron chi connectivity index (χ3n) is 4.10. The van der Waals surface area contributed by atoms with Gasteiger partial charge < -0.3 is 18.9 Å². The highest BCUT2D eigenvalue weighted by Gasteiger charge is 2.26. The summed E-state index contributed by atoms with van der Waals surface area (Å²) in [5, 5.41) is 0. The van der Waals surface area contributed by atoms with Gasteiger partial charge in [0, 0.05) is 29.7 Å². The zero-order chi connectivity index (χ0) is 17.0. The van der Waals surface area contributed by atoms with Crippen LogP contribution in [0.25, 0.3) is 5.57 Å². The molecule has 0 saturated heterocycles. The maximum Gasteiger partial charge on any atom is 0.130 e. The van der Waals surface area contributed by atoms with Crippen molar-refractivity contribution in [1.82, 2.24) is 0 Å². The molecule has 0 radical (unpaired) electrons. The van der Waals surface area contributed by atoms with Crippen molar-refractivity contribution < 1.29 is 18.9 Å². The Morgan fingerprint density at radius 2 is 1.78 bits per heavy atom. The first-order valence-electron chi connectivity index (χ1n) is 7.50. The molecule has 0 amide bonds. The first-order valence-corrected chi connectivity index (χ1v) is 7.50. The molecule has 23 heavy (non-hydrogen) atoms. The van der Waals surface area contributed by atoms with E-state index in [2.05, 4.69) is 13.5 Å². The zero-order valence-corrected chi connectivity index (χ0v) is 14.4. The summed E-state index contributed by atoms with van der Waals surface area (Å²) < 4.78 is 21.7. The summed E-state index contributed by atoms with van der Waals surface area (Å²) in [6.07, 6.45) is 2.74. The van der Waals surface area contributed by atoms with Crippen molar-refractivity contribution >= 4 is 5.57 Å². The molecule has 1 aliphatic carbocycles. The summed E-state index contributed by atoms with van der Waals surface area (Å²) >= 11 is 0. The van der Waals surface area contributed by atoms with Crippen molar-refractivity contribution in [2.75, 3.05) is 28.4 Å². The van der Waals surface area contributed by atoms with Gasteiger partial charge in [0.15, 0.2) is 0 Å². The van der Waals surface area contributed by atoms with Crippen LogP contribution >= 0.6 is 0 Å². The highest BCUT2D eigenvalue weighted by atomic mass is 16.5. The van der Waals surface area contributed by atoms with Crippen LogP contribution in [0.15, 0.2) is 47.9 Å². The minimum Gasteiger partial charge on any atom is -0.501 e. The molecular weight excluding hydrogens is 292 g/mol. The molecule has 0 spiro atoms. The SMILES string of the molecule is C=C(C1=C(OC)C=C(OC)CC1C)c1ccc(OC)cc1OC. The summed E-state index contributed by atoms with van der Waals surface area (Å²) in [5.41, 5.74) is 2.89. The van der Waals surface area contributed by atoms with Gasteiger partial charge >= 0.3 is 0 Å². The minimum absolute atomic E-state index is 0.240. The molecule has 4 nitrogen and oxygen atoms in total. The largest absolute Gasteiger partial charge is 0.501 e. The van der Waals surface area contributed by atoms with Crippen molar-refractivity contribution in [1.29, 1.82) is 0 Å². The Kier molecular flexibility index (Phi) is 5.37. The van der Waals surface area contributed by atoms with E-state index in [4.69, 9.17) is 18.9 Å². The van der Waals surface area contributed by atoms with Crippen LogP contribution in [0.2, 0.25) is 0 Å². The number of ether oxygens (including phenoxy) is 4. The van der Waals surface area contributed by atoms with Gasteiger partial charge in [0.2, 0.25) is 0 Å². The Bertz CT molecular complexity index is 655. The van der Waals surface area contributed by atoms with Crippen LogP contribution in [0.4, 0.5) is 0 Å². The maximum absolute atomic E-state index is 5.56. The van der Waals surface area contributed by atoms with Crippen molar-refractivity contribution in [3.8, 4) is 11.5 Å². The van der Waals surface area contributed by atoms with E-state index in [1.807, 2.05) is 24.3 Å². The summed E-state index contributed by atoms with van der Waals surface area (Å²) in [6.45, 7) is 6.42. The van der Waals surface area contributed by atoms with Crippen LogP contribution in [0.1, 0.15) is 18.9 Å². The molecule has 1 aromatic rings. The Morgan fingerprint density at radius 3 is 2.35 bits per heavy atom. The molecule has 2 rings (SSSR count). The highest BCUT2D eigenvalue weighted by Crippen LogP contribution is 2.41. The second-order valence-corrected chi connectivity index (χ2v) is 5.45. The summed E-state index contributed by atoms with van der Waals surface area (Å²) in [4.78, 5) is 0. The third kappa shape index (κ3) is 3.36. The average molecular weight is 316 g/mol. The number of allylic oxidation sites excluding steroid dienone is 4. The molecule has 0 heterocycles. The Hall–Kier alpha value is -2.36. The van der Waals surface area contributed by atoms with E-state index in [1.54, 1.807) is 28.4 Å². The molecular formula is C19H24O4. The van der Waals surface area contributed by atoms with Gasteiger partial charge in [-0.1, -0.05) is 13.5 Å². The fraction of sp³-hybridized carbons (Fsp3) is 0.368. The lowest BCUT2D eigenvalue weighted by atomic mass is 9.83. The van der Waals surface area contributed by atoms with Crippen LogP contribution in [0.5, 0.6) is 11.5 Å². The number of methoxy groups -OCH3 is 4. The molecule has 1 unspecified atom stereocenters. The molecule has 0 N–H and O–H groups in total. The van der Waals surface area contributed by atoms with Gasteiger partial charge in [0.1, 0.15) is 17.3 Å². The fourth-order valence-electron chi connectivity index (χ4n) is 2.88. The predicted molar refractivity (Wildman–Crippen MR) is 91.5 cm³/mol. The lowest BCUT2D eigenvalue weighted by Crippen LogP contribution is -2.13. The predicted octanol–water partition coefficient (Wildman–Crippen LogP) is 4.19. The van der Waals surface area contributed by atoms with E-state index in [1.165, 1.54) is 0 Å².